The molecule has 21 heavy (non-hydrogen) atoms. The summed E-state index contributed by atoms with van der Waals surface area (Å²) in [5.74, 6) is -6.76. The van der Waals surface area contributed by atoms with Gasteiger partial charge in [0.15, 0.2) is 0 Å². The average Bonchev–Trinajstić information content (AvgIpc) is 2.22. The number of hydrogen-bond donors (Lipinski definition) is 0. The van der Waals surface area contributed by atoms with Gasteiger partial charge in [0.25, 0.3) is 0 Å². The fraction of sp³-hybridized carbons (Fsp3) is 0.400. The Morgan fingerprint density at radius 2 is 1.10 bits per heavy atom. The van der Waals surface area contributed by atoms with Crippen LogP contribution in [-0.4, -0.2) is 18.3 Å². The Hall–Kier alpha value is -0.830. The Morgan fingerprint density at radius 1 is 0.714 bits per heavy atom. The lowest BCUT2D eigenvalue weighted by molar-refractivity contribution is -0.389. The molecule has 0 aliphatic heterocycles. The van der Waals surface area contributed by atoms with Crippen LogP contribution in [0.1, 0.15) is 5.56 Å². The topological polar surface area (TPSA) is 0 Å². The molecule has 0 N–H and O–H groups in total. The molecule has 0 bridgehead atoms. The number of rotatable bonds is 2. The molecule has 1 aromatic rings. The minimum absolute atomic E-state index is 0.0550. The van der Waals surface area contributed by atoms with Gasteiger partial charge in [-0.15, -0.1) is 0 Å². The molecule has 0 aromatic heterocycles. The first kappa shape index (κ1) is 18.2. The van der Waals surface area contributed by atoms with E-state index >= 15 is 0 Å². The number of hydrogen-bond acceptors (Lipinski definition) is 0. The third-order valence-corrected chi connectivity index (χ3v) is 2.79. The van der Waals surface area contributed by atoms with Crippen molar-refractivity contribution in [3.63, 3.8) is 0 Å². The first-order valence-electron chi connectivity index (χ1n) is 4.73. The van der Waals surface area contributed by atoms with E-state index < -0.39 is 39.6 Å². The minimum atomic E-state index is -6.80. The van der Waals surface area contributed by atoms with Crippen molar-refractivity contribution in [3.8, 4) is 0 Å². The van der Waals surface area contributed by atoms with Crippen molar-refractivity contribution in [1.82, 2.24) is 0 Å². The first-order chi connectivity index (χ1) is 9.14. The Balaban J connectivity index is 3.71. The van der Waals surface area contributed by atoms with Gasteiger partial charge in [0, 0.05) is 11.6 Å². The van der Waals surface area contributed by atoms with Crippen LogP contribution >= 0.6 is 23.2 Å². The summed E-state index contributed by atoms with van der Waals surface area (Å²) in [4.78, 5) is 0. The molecule has 0 heterocycles. The number of alkyl halides is 9. The molecular formula is C10H2Cl2F9. The van der Waals surface area contributed by atoms with Crippen LogP contribution in [0.15, 0.2) is 12.1 Å². The van der Waals surface area contributed by atoms with Crippen molar-refractivity contribution in [2.24, 2.45) is 0 Å². The third-order valence-electron chi connectivity index (χ3n) is 2.38. The maximum absolute atomic E-state index is 13.9. The Bertz CT molecular complexity index is 514. The van der Waals surface area contributed by atoms with Gasteiger partial charge >= 0.3 is 23.9 Å². The number of halogens is 11. The normalized spacial score (nSPS) is 16.7. The molecule has 0 saturated heterocycles. The molecule has 11 heteroatoms. The van der Waals surface area contributed by atoms with E-state index in [0.29, 0.717) is 0 Å². The second-order valence-corrected chi connectivity index (χ2v) is 4.61. The van der Waals surface area contributed by atoms with Gasteiger partial charge in [-0.1, -0.05) is 23.2 Å². The van der Waals surface area contributed by atoms with Crippen LogP contribution in [0.5, 0.6) is 0 Å². The molecule has 0 aliphatic carbocycles. The highest BCUT2D eigenvalue weighted by Crippen LogP contribution is 2.58. The fourth-order valence-electron chi connectivity index (χ4n) is 1.42. The van der Waals surface area contributed by atoms with Gasteiger partial charge in [0.1, 0.15) is 0 Å². The van der Waals surface area contributed by atoms with Crippen molar-refractivity contribution in [2.45, 2.75) is 23.9 Å². The van der Waals surface area contributed by atoms with Crippen molar-refractivity contribution in [2.75, 3.05) is 0 Å². The van der Waals surface area contributed by atoms with Crippen LogP contribution < -0.4 is 0 Å². The summed E-state index contributed by atoms with van der Waals surface area (Å²) in [6, 6.07) is 1.79. The summed E-state index contributed by atoms with van der Waals surface area (Å²) in [5, 5.41) is -1.72. The van der Waals surface area contributed by atoms with Gasteiger partial charge < -0.3 is 0 Å². The molecule has 119 valence electrons. The predicted molar refractivity (Wildman–Crippen MR) is 55.1 cm³/mol. The van der Waals surface area contributed by atoms with Gasteiger partial charge in [0.05, 0.1) is 10.0 Å². The largest absolute Gasteiger partial charge is 0.457 e. The third kappa shape index (κ3) is 2.90. The van der Waals surface area contributed by atoms with Crippen LogP contribution in [0.2, 0.25) is 10.0 Å². The van der Waals surface area contributed by atoms with E-state index in [1.807, 2.05) is 6.07 Å². The Kier molecular flexibility index (Phi) is 4.44. The van der Waals surface area contributed by atoms with Crippen LogP contribution in [0.25, 0.3) is 0 Å². The quantitative estimate of drug-likeness (QED) is 0.589. The van der Waals surface area contributed by atoms with Gasteiger partial charge in [-0.05, 0) is 12.1 Å². The van der Waals surface area contributed by atoms with E-state index in [1.54, 1.807) is 0 Å². The van der Waals surface area contributed by atoms with E-state index in [-0.39, 0.29) is 12.1 Å². The molecule has 0 aliphatic rings. The molecule has 0 nitrogen and oxygen atoms in total. The second kappa shape index (κ2) is 5.12. The Morgan fingerprint density at radius 3 is 1.38 bits per heavy atom. The minimum Gasteiger partial charge on any atom is -0.221 e. The van der Waals surface area contributed by atoms with E-state index in [2.05, 4.69) is 0 Å². The molecule has 0 fully saturated rings. The highest BCUT2D eigenvalue weighted by molar-refractivity contribution is 6.34. The zero-order valence-electron chi connectivity index (χ0n) is 9.31. The van der Waals surface area contributed by atoms with Gasteiger partial charge in [-0.3, -0.25) is 0 Å². The maximum atomic E-state index is 13.9. The Labute approximate surface area is 121 Å². The van der Waals surface area contributed by atoms with E-state index in [0.717, 1.165) is 0 Å². The molecule has 0 saturated carbocycles. The molecule has 1 atom stereocenters. The van der Waals surface area contributed by atoms with Gasteiger partial charge in [-0.25, -0.2) is 4.39 Å². The van der Waals surface area contributed by atoms with Gasteiger partial charge in [-0.2, -0.15) is 35.1 Å². The van der Waals surface area contributed by atoms with Crippen molar-refractivity contribution in [3.05, 3.63) is 33.8 Å². The van der Waals surface area contributed by atoms with E-state index in [4.69, 9.17) is 23.2 Å². The highest BCUT2D eigenvalue weighted by Gasteiger charge is 2.81. The predicted octanol–water partition coefficient (Wildman–Crippen LogP) is 5.72. The van der Waals surface area contributed by atoms with Crippen LogP contribution in [0.3, 0.4) is 0 Å². The monoisotopic (exact) mass is 363 g/mol. The molecule has 0 spiro atoms. The molecular weight excluding hydrogens is 362 g/mol. The molecule has 1 aromatic carbocycles. The smallest absolute Gasteiger partial charge is 0.221 e. The SMILES string of the molecule is FC(F)(F)C(F)(F)C(F)(c1cc(Cl)[c]c(Cl)c1)C(F)(F)F. The van der Waals surface area contributed by atoms with Gasteiger partial charge in [0.2, 0.25) is 0 Å². The zero-order valence-corrected chi connectivity index (χ0v) is 10.8. The molecule has 1 unspecified atom stereocenters. The lowest BCUT2D eigenvalue weighted by atomic mass is 9.87. The van der Waals surface area contributed by atoms with Crippen LogP contribution in [0, 0.1) is 6.07 Å². The van der Waals surface area contributed by atoms with E-state index in [1.165, 1.54) is 0 Å². The highest BCUT2D eigenvalue weighted by atomic mass is 35.5. The first-order valence-corrected chi connectivity index (χ1v) is 5.49. The lowest BCUT2D eigenvalue weighted by Gasteiger charge is -2.36. The standard InChI is InChI=1S/C10H2Cl2F9/c11-5-1-4(2-6(12)3-5)7(13,9(16,17)18)8(14,15)10(19,20)21/h1-2H. The average molecular weight is 364 g/mol. The summed E-state index contributed by atoms with van der Waals surface area (Å²) >= 11 is 10.3. The molecule has 1 radical (unpaired) electrons. The zero-order chi connectivity index (χ0) is 16.9. The van der Waals surface area contributed by atoms with Crippen molar-refractivity contribution in [1.29, 1.82) is 0 Å². The van der Waals surface area contributed by atoms with E-state index in [9.17, 15) is 39.5 Å². The van der Waals surface area contributed by atoms with Crippen LogP contribution in [-0.2, 0) is 5.67 Å². The number of benzene rings is 1. The summed E-state index contributed by atoms with van der Waals surface area (Å²) < 4.78 is 115. The fourth-order valence-corrected chi connectivity index (χ4v) is 1.91. The molecule has 1 rings (SSSR count). The lowest BCUT2D eigenvalue weighted by Crippen LogP contribution is -2.59. The summed E-state index contributed by atoms with van der Waals surface area (Å²) in [7, 11) is 0. The van der Waals surface area contributed by atoms with Crippen molar-refractivity contribution >= 4 is 23.2 Å². The summed E-state index contributed by atoms with van der Waals surface area (Å²) in [5.41, 5.74) is -8.13. The van der Waals surface area contributed by atoms with Crippen LogP contribution in [0.4, 0.5) is 39.5 Å². The van der Waals surface area contributed by atoms with Crippen molar-refractivity contribution < 1.29 is 39.5 Å². The maximum Gasteiger partial charge on any atom is 0.457 e. The second-order valence-electron chi connectivity index (χ2n) is 3.79. The summed E-state index contributed by atoms with van der Waals surface area (Å²) in [6.07, 6.45) is -13.4. The molecule has 0 amide bonds. The summed E-state index contributed by atoms with van der Waals surface area (Å²) in [6.45, 7) is 0.